The molecule has 16 heavy (non-hydrogen) atoms. The number of ether oxygens (including phenoxy) is 1. The van der Waals surface area contributed by atoms with E-state index in [2.05, 4.69) is 4.74 Å². The summed E-state index contributed by atoms with van der Waals surface area (Å²) in [7, 11) is 1.35. The molecule has 0 unspecified atom stereocenters. The Hall–Kier alpha value is -1.51. The van der Waals surface area contributed by atoms with Gasteiger partial charge in [0.15, 0.2) is 0 Å². The fourth-order valence-corrected chi connectivity index (χ4v) is 0.801. The van der Waals surface area contributed by atoms with Crippen molar-refractivity contribution in [1.29, 1.82) is 0 Å². The molecule has 4 heteroatoms. The van der Waals surface area contributed by atoms with Crippen molar-refractivity contribution in [2.75, 3.05) is 7.11 Å². The average Bonchev–Trinajstić information content (AvgIpc) is 2.42. The Labute approximate surface area is 106 Å². The Balaban J connectivity index is 0.000000380. The van der Waals surface area contributed by atoms with Gasteiger partial charge in [-0.05, 0) is 12.2 Å². The quantitative estimate of drug-likeness (QED) is 0.626. The molecule has 86 valence electrons. The number of carbonyl (C=O) groups excluding carboxylic acids is 1. The van der Waals surface area contributed by atoms with Crippen LogP contribution in [0.4, 0.5) is 4.79 Å². The van der Waals surface area contributed by atoms with Crippen molar-refractivity contribution >= 4 is 6.09 Å². The zero-order chi connectivity index (χ0) is 10.9. The molecule has 0 N–H and O–H groups in total. The summed E-state index contributed by atoms with van der Waals surface area (Å²) < 4.78 is 4.50. The van der Waals surface area contributed by atoms with Gasteiger partial charge in [0.05, 0.1) is 7.11 Å². The minimum Gasteiger partial charge on any atom is -0.452 e. The second kappa shape index (κ2) is 8.77. The SMILES string of the molecule is C1=CC=C1.COC(=O)N1C=CC=CC=C1.[Fe]. The van der Waals surface area contributed by atoms with E-state index >= 15 is 0 Å². The summed E-state index contributed by atoms with van der Waals surface area (Å²) in [6.45, 7) is 0. The summed E-state index contributed by atoms with van der Waals surface area (Å²) in [4.78, 5) is 12.3. The van der Waals surface area contributed by atoms with Crippen LogP contribution < -0.4 is 0 Å². The number of rotatable bonds is 0. The van der Waals surface area contributed by atoms with Gasteiger partial charge in [0, 0.05) is 29.5 Å². The van der Waals surface area contributed by atoms with Crippen LogP contribution in [0.25, 0.3) is 0 Å². The number of allylic oxidation sites excluding steroid dienone is 8. The van der Waals surface area contributed by atoms with Gasteiger partial charge in [-0.1, -0.05) is 36.5 Å². The van der Waals surface area contributed by atoms with Crippen molar-refractivity contribution in [2.45, 2.75) is 0 Å². The number of hydrogen-bond donors (Lipinski definition) is 0. The Bertz CT molecular complexity index is 320. The van der Waals surface area contributed by atoms with Crippen LogP contribution in [0, 0.1) is 0 Å². The van der Waals surface area contributed by atoms with E-state index < -0.39 is 0 Å². The monoisotopic (exact) mass is 259 g/mol. The van der Waals surface area contributed by atoms with Crippen molar-refractivity contribution in [1.82, 2.24) is 4.90 Å². The molecule has 0 aromatic carbocycles. The molecule has 0 saturated heterocycles. The van der Waals surface area contributed by atoms with Crippen molar-refractivity contribution in [3.05, 3.63) is 61.0 Å². The molecule has 0 saturated carbocycles. The molecule has 0 aromatic rings. The molecule has 0 aromatic heterocycles. The van der Waals surface area contributed by atoms with Gasteiger partial charge in [-0.2, -0.15) is 0 Å². The largest absolute Gasteiger partial charge is 0.452 e. The Morgan fingerprint density at radius 2 is 1.25 bits per heavy atom. The molecule has 0 atom stereocenters. The first-order valence-corrected chi connectivity index (χ1v) is 4.56. The van der Waals surface area contributed by atoms with E-state index in [1.54, 1.807) is 24.6 Å². The molecule has 1 amide bonds. The number of carbonyl (C=O) groups is 1. The van der Waals surface area contributed by atoms with Gasteiger partial charge in [-0.3, -0.25) is 4.90 Å². The summed E-state index contributed by atoms with van der Waals surface area (Å²) >= 11 is 0. The van der Waals surface area contributed by atoms with Gasteiger partial charge in [0.1, 0.15) is 0 Å². The molecule has 2 rings (SSSR count). The summed E-state index contributed by atoms with van der Waals surface area (Å²) in [6.07, 6.45) is 18.1. The Kier molecular flexibility index (Phi) is 7.94. The molecule has 3 nitrogen and oxygen atoms in total. The second-order valence-electron chi connectivity index (χ2n) is 2.72. The summed E-state index contributed by atoms with van der Waals surface area (Å²) in [5, 5.41) is 0. The van der Waals surface area contributed by atoms with Crippen LogP contribution >= 0.6 is 0 Å². The standard InChI is InChI=1S/C8H9NO2.C4H4.Fe/c1-11-8(10)9-6-4-2-3-5-7-9;1-2-4-3-1;/h2-7H,1H3;1-4H;. The van der Waals surface area contributed by atoms with Gasteiger partial charge in [0.2, 0.25) is 0 Å². The summed E-state index contributed by atoms with van der Waals surface area (Å²) in [5.74, 6) is 0. The smallest absolute Gasteiger partial charge is 0.417 e. The maximum absolute atomic E-state index is 10.9. The average molecular weight is 259 g/mol. The number of amides is 1. The predicted octanol–water partition coefficient (Wildman–Crippen LogP) is 2.76. The molecule has 0 spiro atoms. The molecule has 1 aliphatic heterocycles. The first-order chi connectivity index (χ1) is 7.34. The predicted molar refractivity (Wildman–Crippen MR) is 59.9 cm³/mol. The van der Waals surface area contributed by atoms with Crippen LogP contribution in [-0.4, -0.2) is 18.1 Å². The summed E-state index contributed by atoms with van der Waals surface area (Å²) in [6, 6.07) is 0. The molecule has 2 aliphatic rings. The zero-order valence-corrected chi connectivity index (χ0v) is 9.99. The van der Waals surface area contributed by atoms with Crippen LogP contribution in [0.3, 0.4) is 0 Å². The first kappa shape index (κ1) is 14.5. The van der Waals surface area contributed by atoms with E-state index in [1.807, 2.05) is 36.5 Å². The van der Waals surface area contributed by atoms with E-state index in [4.69, 9.17) is 0 Å². The van der Waals surface area contributed by atoms with E-state index in [9.17, 15) is 4.79 Å². The maximum Gasteiger partial charge on any atom is 0.417 e. The molecule has 0 bridgehead atoms. The fourth-order valence-electron chi connectivity index (χ4n) is 0.801. The van der Waals surface area contributed by atoms with Crippen LogP contribution in [0.5, 0.6) is 0 Å². The van der Waals surface area contributed by atoms with Crippen LogP contribution in [-0.2, 0) is 21.8 Å². The zero-order valence-electron chi connectivity index (χ0n) is 8.89. The third-order valence-corrected chi connectivity index (χ3v) is 1.66. The van der Waals surface area contributed by atoms with E-state index in [-0.39, 0.29) is 23.2 Å². The molecule has 1 heterocycles. The number of hydrogen-bond acceptors (Lipinski definition) is 2. The topological polar surface area (TPSA) is 29.5 Å². The van der Waals surface area contributed by atoms with E-state index in [0.29, 0.717) is 0 Å². The molecule has 1 aliphatic carbocycles. The molecule has 0 radical (unpaired) electrons. The maximum atomic E-state index is 10.9. The Morgan fingerprint density at radius 3 is 1.56 bits per heavy atom. The van der Waals surface area contributed by atoms with E-state index in [0.717, 1.165) is 0 Å². The van der Waals surface area contributed by atoms with Gasteiger partial charge >= 0.3 is 6.09 Å². The first-order valence-electron chi connectivity index (χ1n) is 4.56. The molecule has 0 fully saturated rings. The van der Waals surface area contributed by atoms with Crippen LogP contribution in [0.1, 0.15) is 0 Å². The van der Waals surface area contributed by atoms with Crippen molar-refractivity contribution < 1.29 is 26.6 Å². The fraction of sp³-hybridized carbons (Fsp3) is 0.0833. The van der Waals surface area contributed by atoms with Gasteiger partial charge in [0.25, 0.3) is 0 Å². The molecular formula is C12H13FeNO2. The van der Waals surface area contributed by atoms with Crippen molar-refractivity contribution in [3.63, 3.8) is 0 Å². The van der Waals surface area contributed by atoms with Crippen LogP contribution in [0.15, 0.2) is 61.0 Å². The number of nitrogens with zero attached hydrogens (tertiary/aromatic N) is 1. The number of methoxy groups -OCH3 is 1. The Morgan fingerprint density at radius 1 is 0.875 bits per heavy atom. The summed E-state index contributed by atoms with van der Waals surface area (Å²) in [5.41, 5.74) is 0. The molecular weight excluding hydrogens is 246 g/mol. The minimum atomic E-state index is -0.388. The van der Waals surface area contributed by atoms with Crippen molar-refractivity contribution in [3.8, 4) is 0 Å². The second-order valence-corrected chi connectivity index (χ2v) is 2.72. The third kappa shape index (κ3) is 5.39. The van der Waals surface area contributed by atoms with Crippen LogP contribution in [0.2, 0.25) is 0 Å². The normalized spacial score (nSPS) is 14.2. The van der Waals surface area contributed by atoms with Gasteiger partial charge in [-0.25, -0.2) is 4.79 Å². The van der Waals surface area contributed by atoms with Gasteiger partial charge < -0.3 is 4.74 Å². The third-order valence-electron chi connectivity index (χ3n) is 1.66. The van der Waals surface area contributed by atoms with Crippen molar-refractivity contribution in [2.24, 2.45) is 0 Å². The van der Waals surface area contributed by atoms with E-state index in [1.165, 1.54) is 12.0 Å². The van der Waals surface area contributed by atoms with Gasteiger partial charge in [-0.15, -0.1) is 0 Å². The minimum absolute atomic E-state index is 0.